The average molecular weight is 480 g/mol. The highest BCUT2D eigenvalue weighted by atomic mass is 79.9. The summed E-state index contributed by atoms with van der Waals surface area (Å²) < 4.78 is 0.783. The number of halogens is 2. The topological polar surface area (TPSA) is 42.0 Å². The van der Waals surface area contributed by atoms with Crippen molar-refractivity contribution in [2.24, 2.45) is 0 Å². The minimum Gasteiger partial charge on any atom is -0.322 e. The third kappa shape index (κ3) is 3.85. The molecule has 3 nitrogen and oxygen atoms in total. The fraction of sp³-hybridized carbons (Fsp3) is 0.120. The summed E-state index contributed by atoms with van der Waals surface area (Å²) in [4.78, 5) is 18.4. The summed E-state index contributed by atoms with van der Waals surface area (Å²) in [6.45, 7) is 6.02. The van der Waals surface area contributed by atoms with Crippen molar-refractivity contribution in [1.82, 2.24) is 4.98 Å². The van der Waals surface area contributed by atoms with E-state index in [-0.39, 0.29) is 5.91 Å². The molecule has 0 fully saturated rings. The smallest absolute Gasteiger partial charge is 0.256 e. The molecule has 0 unspecified atom stereocenters. The molecule has 4 rings (SSSR count). The van der Waals surface area contributed by atoms with Gasteiger partial charge in [0.2, 0.25) is 0 Å². The number of benzene rings is 3. The molecule has 1 N–H and O–H groups in total. The minimum absolute atomic E-state index is 0.180. The number of aryl methyl sites for hydroxylation is 2. The molecule has 0 saturated carbocycles. The first-order chi connectivity index (χ1) is 14.3. The van der Waals surface area contributed by atoms with Crippen molar-refractivity contribution in [2.45, 2.75) is 20.8 Å². The molecule has 1 heterocycles. The number of hydrogen-bond acceptors (Lipinski definition) is 2. The monoisotopic (exact) mass is 478 g/mol. The Kier molecular flexibility index (Phi) is 5.63. The lowest BCUT2D eigenvalue weighted by atomic mass is 9.94. The van der Waals surface area contributed by atoms with Gasteiger partial charge < -0.3 is 5.32 Å². The number of hydrogen-bond donors (Lipinski definition) is 1. The molecule has 3 aromatic carbocycles. The summed E-state index contributed by atoms with van der Waals surface area (Å²) in [6.07, 6.45) is 0. The van der Waals surface area contributed by atoms with Crippen LogP contribution in [-0.4, -0.2) is 10.9 Å². The maximum absolute atomic E-state index is 13.5. The zero-order valence-electron chi connectivity index (χ0n) is 16.9. The van der Waals surface area contributed by atoms with Gasteiger partial charge in [-0.2, -0.15) is 0 Å². The van der Waals surface area contributed by atoms with Crippen LogP contribution in [0.4, 0.5) is 5.69 Å². The number of aromatic nitrogens is 1. The zero-order chi connectivity index (χ0) is 21.4. The molecule has 30 heavy (non-hydrogen) atoms. The Morgan fingerprint density at radius 3 is 2.43 bits per heavy atom. The van der Waals surface area contributed by atoms with Gasteiger partial charge in [-0.1, -0.05) is 53.6 Å². The van der Waals surface area contributed by atoms with Crippen LogP contribution >= 0.6 is 27.5 Å². The van der Waals surface area contributed by atoms with Crippen LogP contribution in [0.3, 0.4) is 0 Å². The van der Waals surface area contributed by atoms with E-state index in [4.69, 9.17) is 16.6 Å². The van der Waals surface area contributed by atoms with E-state index in [1.807, 2.05) is 69.3 Å². The molecule has 150 valence electrons. The van der Waals surface area contributed by atoms with E-state index in [1.165, 1.54) is 0 Å². The van der Waals surface area contributed by atoms with Gasteiger partial charge in [-0.3, -0.25) is 4.79 Å². The quantitative estimate of drug-likeness (QED) is 0.330. The number of carbonyl (C=O) groups excluding carboxylic acids is 1. The molecule has 4 aromatic rings. The van der Waals surface area contributed by atoms with E-state index in [9.17, 15) is 4.79 Å². The Balaban J connectivity index is 1.93. The summed E-state index contributed by atoms with van der Waals surface area (Å²) in [5, 5.41) is 4.40. The molecule has 0 spiro atoms. The van der Waals surface area contributed by atoms with Crippen LogP contribution in [0.25, 0.3) is 22.2 Å². The Labute approximate surface area is 189 Å². The lowest BCUT2D eigenvalue weighted by Gasteiger charge is -2.17. The summed E-state index contributed by atoms with van der Waals surface area (Å²) >= 11 is 9.59. The van der Waals surface area contributed by atoms with Crippen molar-refractivity contribution in [3.05, 3.63) is 92.4 Å². The van der Waals surface area contributed by atoms with Gasteiger partial charge in [0.1, 0.15) is 0 Å². The van der Waals surface area contributed by atoms with E-state index in [0.29, 0.717) is 16.3 Å². The molecule has 0 radical (unpaired) electrons. The maximum atomic E-state index is 13.5. The molecule has 0 saturated heterocycles. The van der Waals surface area contributed by atoms with E-state index in [1.54, 1.807) is 6.07 Å². The van der Waals surface area contributed by atoms with E-state index < -0.39 is 0 Å². The van der Waals surface area contributed by atoms with Gasteiger partial charge >= 0.3 is 0 Å². The lowest BCUT2D eigenvalue weighted by molar-refractivity contribution is 0.102. The first kappa shape index (κ1) is 20.6. The highest BCUT2D eigenvalue weighted by Crippen LogP contribution is 2.33. The Bertz CT molecular complexity index is 1290. The SMILES string of the molecule is Cc1cc(C)c2nc(-c3ccccc3)c(C)c(C(=O)Nc3ccc(Br)c(Cl)c3)c2c1. The number of anilines is 1. The van der Waals surface area contributed by atoms with Gasteiger partial charge in [0.25, 0.3) is 5.91 Å². The molecule has 0 atom stereocenters. The summed E-state index contributed by atoms with van der Waals surface area (Å²) in [6, 6.07) is 19.5. The number of nitrogens with one attached hydrogen (secondary N) is 1. The number of rotatable bonds is 3. The first-order valence-corrected chi connectivity index (χ1v) is 10.8. The predicted octanol–water partition coefficient (Wildman–Crippen LogP) is 7.50. The number of amides is 1. The van der Waals surface area contributed by atoms with Crippen LogP contribution in [0.1, 0.15) is 27.0 Å². The Morgan fingerprint density at radius 2 is 1.73 bits per heavy atom. The molecule has 0 bridgehead atoms. The second-order valence-corrected chi connectivity index (χ2v) is 8.65. The zero-order valence-corrected chi connectivity index (χ0v) is 19.2. The van der Waals surface area contributed by atoms with Gasteiger partial charge in [-0.05, 0) is 72.1 Å². The summed E-state index contributed by atoms with van der Waals surface area (Å²) in [5.74, 6) is -0.180. The van der Waals surface area contributed by atoms with Crippen molar-refractivity contribution in [3.63, 3.8) is 0 Å². The lowest BCUT2D eigenvalue weighted by Crippen LogP contribution is -2.15. The summed E-state index contributed by atoms with van der Waals surface area (Å²) in [5.41, 5.74) is 6.89. The van der Waals surface area contributed by atoms with Crippen LogP contribution in [0.15, 0.2) is 65.1 Å². The molecular weight excluding hydrogens is 460 g/mol. The van der Waals surface area contributed by atoms with E-state index >= 15 is 0 Å². The second kappa shape index (κ2) is 8.21. The molecule has 5 heteroatoms. The molecule has 0 aliphatic heterocycles. The van der Waals surface area contributed by atoms with Gasteiger partial charge in [0, 0.05) is 21.1 Å². The molecule has 0 aliphatic carbocycles. The number of nitrogens with zero attached hydrogens (tertiary/aromatic N) is 1. The standard InChI is InChI=1S/C25H20BrClN2O/c1-14-11-15(2)23-19(12-14)22(16(3)24(29-23)17-7-5-4-6-8-17)25(30)28-18-9-10-20(26)21(27)13-18/h4-13H,1-3H3,(H,28,30). The van der Waals surface area contributed by atoms with Crippen molar-refractivity contribution in [3.8, 4) is 11.3 Å². The third-order valence-electron chi connectivity index (χ3n) is 5.12. The molecule has 0 aliphatic rings. The van der Waals surface area contributed by atoms with Gasteiger partial charge in [-0.25, -0.2) is 4.98 Å². The van der Waals surface area contributed by atoms with Crippen molar-refractivity contribution in [1.29, 1.82) is 0 Å². The first-order valence-electron chi connectivity index (χ1n) is 9.58. The molecular formula is C25H20BrClN2O. The fourth-order valence-corrected chi connectivity index (χ4v) is 4.18. The molecule has 1 aromatic heterocycles. The third-order valence-corrected chi connectivity index (χ3v) is 6.35. The summed E-state index contributed by atoms with van der Waals surface area (Å²) in [7, 11) is 0. The predicted molar refractivity (Wildman–Crippen MR) is 128 cm³/mol. The van der Waals surface area contributed by atoms with E-state index in [2.05, 4.69) is 27.3 Å². The van der Waals surface area contributed by atoms with Crippen LogP contribution in [0, 0.1) is 20.8 Å². The maximum Gasteiger partial charge on any atom is 0.256 e. The number of pyridine rings is 1. The van der Waals surface area contributed by atoms with Crippen molar-refractivity contribution >= 4 is 50.0 Å². The second-order valence-electron chi connectivity index (χ2n) is 7.39. The fourth-order valence-electron chi connectivity index (χ4n) is 3.75. The van der Waals surface area contributed by atoms with Gasteiger partial charge in [0.15, 0.2) is 0 Å². The molecule has 1 amide bonds. The van der Waals surface area contributed by atoms with Gasteiger partial charge in [-0.15, -0.1) is 0 Å². The number of fused-ring (bicyclic) bond motifs is 1. The Morgan fingerprint density at radius 1 is 1.00 bits per heavy atom. The van der Waals surface area contributed by atoms with Crippen LogP contribution in [-0.2, 0) is 0 Å². The van der Waals surface area contributed by atoms with Crippen LogP contribution < -0.4 is 5.32 Å². The largest absolute Gasteiger partial charge is 0.322 e. The highest BCUT2D eigenvalue weighted by Gasteiger charge is 2.20. The normalized spacial score (nSPS) is 11.0. The van der Waals surface area contributed by atoms with Crippen molar-refractivity contribution < 1.29 is 4.79 Å². The van der Waals surface area contributed by atoms with E-state index in [0.717, 1.165) is 43.3 Å². The van der Waals surface area contributed by atoms with Crippen LogP contribution in [0.5, 0.6) is 0 Å². The van der Waals surface area contributed by atoms with Gasteiger partial charge in [0.05, 0.1) is 21.8 Å². The average Bonchev–Trinajstić information content (AvgIpc) is 2.71. The number of carbonyl (C=O) groups is 1. The van der Waals surface area contributed by atoms with Crippen molar-refractivity contribution in [2.75, 3.05) is 5.32 Å². The Hall–Kier alpha value is -2.69. The van der Waals surface area contributed by atoms with Crippen LogP contribution in [0.2, 0.25) is 5.02 Å². The minimum atomic E-state index is -0.180. The highest BCUT2D eigenvalue weighted by molar-refractivity contribution is 9.10.